The molecule has 1 rings (SSSR count). The number of carbonyl (C=O) groups excluding carboxylic acids is 1. The zero-order valence-electron chi connectivity index (χ0n) is 11.5. The van der Waals surface area contributed by atoms with Crippen LogP contribution < -0.4 is 11.1 Å². The summed E-state index contributed by atoms with van der Waals surface area (Å²) in [5.74, 6) is 0.377. The number of benzene rings is 1. The molecule has 18 heavy (non-hydrogen) atoms. The van der Waals surface area contributed by atoms with E-state index in [1.54, 1.807) is 0 Å². The number of hydrogen-bond acceptors (Lipinski definition) is 2. The van der Waals surface area contributed by atoms with Crippen LogP contribution >= 0.6 is 0 Å². The first-order chi connectivity index (χ1) is 8.54. The first kappa shape index (κ1) is 14.7. The van der Waals surface area contributed by atoms with E-state index < -0.39 is 6.04 Å². The van der Waals surface area contributed by atoms with Gasteiger partial charge in [-0.2, -0.15) is 0 Å². The van der Waals surface area contributed by atoms with E-state index in [-0.39, 0.29) is 11.9 Å². The highest BCUT2D eigenvalue weighted by Crippen LogP contribution is 2.16. The first-order valence-corrected chi connectivity index (χ1v) is 6.65. The molecule has 3 heteroatoms. The predicted molar refractivity (Wildman–Crippen MR) is 75.0 cm³/mol. The molecule has 0 aliphatic heterocycles. The topological polar surface area (TPSA) is 55.1 Å². The summed E-state index contributed by atoms with van der Waals surface area (Å²) < 4.78 is 0. The molecule has 0 aromatic heterocycles. The summed E-state index contributed by atoms with van der Waals surface area (Å²) in [4.78, 5) is 12.0. The van der Waals surface area contributed by atoms with Crippen LogP contribution in [0, 0.1) is 5.92 Å². The van der Waals surface area contributed by atoms with E-state index in [9.17, 15) is 4.79 Å². The molecule has 0 radical (unpaired) electrons. The quantitative estimate of drug-likeness (QED) is 0.813. The van der Waals surface area contributed by atoms with Gasteiger partial charge in [-0.3, -0.25) is 4.79 Å². The van der Waals surface area contributed by atoms with Gasteiger partial charge in [-0.15, -0.1) is 0 Å². The molecule has 0 bridgehead atoms. The van der Waals surface area contributed by atoms with E-state index in [4.69, 9.17) is 5.73 Å². The number of rotatable bonds is 6. The minimum atomic E-state index is -0.414. The van der Waals surface area contributed by atoms with Gasteiger partial charge in [0.15, 0.2) is 0 Å². The molecule has 3 N–H and O–H groups in total. The molecular weight excluding hydrogens is 224 g/mol. The molecule has 3 nitrogen and oxygen atoms in total. The summed E-state index contributed by atoms with van der Waals surface area (Å²) in [6.45, 7) is 6.20. The third-order valence-electron chi connectivity index (χ3n) is 2.99. The van der Waals surface area contributed by atoms with Crippen molar-refractivity contribution < 1.29 is 4.79 Å². The second-order valence-electron chi connectivity index (χ2n) is 5.12. The Morgan fingerprint density at radius 1 is 1.28 bits per heavy atom. The normalized spacial score (nSPS) is 14.3. The summed E-state index contributed by atoms with van der Waals surface area (Å²) in [5.41, 5.74) is 7.02. The maximum Gasteiger partial charge on any atom is 0.237 e. The average molecular weight is 248 g/mol. The molecule has 0 saturated carbocycles. The minimum absolute atomic E-state index is 0.0527. The Kier molecular flexibility index (Phi) is 5.86. The van der Waals surface area contributed by atoms with Crippen molar-refractivity contribution in [2.75, 3.05) is 0 Å². The Morgan fingerprint density at radius 3 is 2.39 bits per heavy atom. The Balaban J connectivity index is 2.61. The third-order valence-corrected chi connectivity index (χ3v) is 2.99. The summed E-state index contributed by atoms with van der Waals surface area (Å²) in [5, 5.41) is 3.02. The van der Waals surface area contributed by atoms with Crippen LogP contribution in [0.2, 0.25) is 0 Å². The lowest BCUT2D eigenvalue weighted by molar-refractivity contribution is -0.123. The van der Waals surface area contributed by atoms with Crippen molar-refractivity contribution in [3.63, 3.8) is 0 Å². The molecule has 1 unspecified atom stereocenters. The van der Waals surface area contributed by atoms with E-state index in [1.807, 2.05) is 30.3 Å². The van der Waals surface area contributed by atoms with Gasteiger partial charge in [-0.25, -0.2) is 0 Å². The van der Waals surface area contributed by atoms with Crippen molar-refractivity contribution in [3.05, 3.63) is 35.9 Å². The van der Waals surface area contributed by atoms with E-state index in [0.717, 1.165) is 18.4 Å². The Labute approximate surface area is 110 Å². The molecule has 0 heterocycles. The molecule has 1 amide bonds. The number of hydrogen-bond donors (Lipinski definition) is 2. The van der Waals surface area contributed by atoms with Crippen LogP contribution in [-0.2, 0) is 4.79 Å². The Bertz CT molecular complexity index is 362. The lowest BCUT2D eigenvalue weighted by Crippen LogP contribution is -2.42. The van der Waals surface area contributed by atoms with Crippen molar-refractivity contribution in [1.29, 1.82) is 0 Å². The highest BCUT2D eigenvalue weighted by molar-refractivity contribution is 5.81. The summed E-state index contributed by atoms with van der Waals surface area (Å²) >= 11 is 0. The predicted octanol–water partition coefficient (Wildman–Crippen LogP) is 2.63. The van der Waals surface area contributed by atoms with Crippen LogP contribution in [0.5, 0.6) is 0 Å². The molecule has 0 saturated heterocycles. The lowest BCUT2D eigenvalue weighted by Gasteiger charge is -2.21. The molecule has 100 valence electrons. The highest BCUT2D eigenvalue weighted by Gasteiger charge is 2.18. The number of carbonyl (C=O) groups is 1. The molecule has 1 aromatic rings. The molecular formula is C15H24N2O. The highest BCUT2D eigenvalue weighted by atomic mass is 16.2. The van der Waals surface area contributed by atoms with Gasteiger partial charge in [-0.1, -0.05) is 51.1 Å². The summed E-state index contributed by atoms with van der Waals surface area (Å²) in [7, 11) is 0. The van der Waals surface area contributed by atoms with E-state index >= 15 is 0 Å². The third kappa shape index (κ3) is 4.49. The van der Waals surface area contributed by atoms with Gasteiger partial charge in [0, 0.05) is 0 Å². The molecule has 2 atom stereocenters. The lowest BCUT2D eigenvalue weighted by atomic mass is 10.0. The van der Waals surface area contributed by atoms with Crippen LogP contribution in [0.3, 0.4) is 0 Å². The molecule has 0 aliphatic rings. The van der Waals surface area contributed by atoms with Gasteiger partial charge in [0.25, 0.3) is 0 Å². The smallest absolute Gasteiger partial charge is 0.237 e. The zero-order chi connectivity index (χ0) is 13.5. The fourth-order valence-electron chi connectivity index (χ4n) is 2.00. The number of nitrogens with one attached hydrogen (secondary N) is 1. The van der Waals surface area contributed by atoms with Crippen molar-refractivity contribution in [2.24, 2.45) is 11.7 Å². The SMILES string of the molecule is CC[C@H](NC(=O)C(N)CC(C)C)c1ccccc1. The molecule has 0 spiro atoms. The Hall–Kier alpha value is -1.35. The fourth-order valence-corrected chi connectivity index (χ4v) is 2.00. The molecule has 1 aromatic carbocycles. The van der Waals surface area contributed by atoms with Gasteiger partial charge in [0.2, 0.25) is 5.91 Å². The van der Waals surface area contributed by atoms with Crippen LogP contribution in [0.4, 0.5) is 0 Å². The van der Waals surface area contributed by atoms with Crippen molar-refractivity contribution in [2.45, 2.75) is 45.7 Å². The van der Waals surface area contributed by atoms with Crippen molar-refractivity contribution >= 4 is 5.91 Å². The van der Waals surface area contributed by atoms with Gasteiger partial charge >= 0.3 is 0 Å². The van der Waals surface area contributed by atoms with Crippen LogP contribution in [0.25, 0.3) is 0 Å². The zero-order valence-corrected chi connectivity index (χ0v) is 11.5. The molecule has 0 aliphatic carbocycles. The van der Waals surface area contributed by atoms with Crippen molar-refractivity contribution in [1.82, 2.24) is 5.32 Å². The van der Waals surface area contributed by atoms with E-state index in [0.29, 0.717) is 5.92 Å². The maximum atomic E-state index is 12.0. The minimum Gasteiger partial charge on any atom is -0.348 e. The van der Waals surface area contributed by atoms with E-state index in [1.165, 1.54) is 0 Å². The fraction of sp³-hybridized carbons (Fsp3) is 0.533. The van der Waals surface area contributed by atoms with E-state index in [2.05, 4.69) is 26.1 Å². The van der Waals surface area contributed by atoms with Gasteiger partial charge in [-0.05, 0) is 24.3 Å². The van der Waals surface area contributed by atoms with Gasteiger partial charge < -0.3 is 11.1 Å². The standard InChI is InChI=1S/C15H24N2O/c1-4-14(12-8-6-5-7-9-12)17-15(18)13(16)10-11(2)3/h5-9,11,13-14H,4,10,16H2,1-3H3,(H,17,18)/t13?,14-/m0/s1. The van der Waals surface area contributed by atoms with Crippen LogP contribution in [0.15, 0.2) is 30.3 Å². The monoisotopic (exact) mass is 248 g/mol. The number of amides is 1. The van der Waals surface area contributed by atoms with Crippen LogP contribution in [-0.4, -0.2) is 11.9 Å². The number of nitrogens with two attached hydrogens (primary N) is 1. The van der Waals surface area contributed by atoms with Gasteiger partial charge in [0.05, 0.1) is 12.1 Å². The average Bonchev–Trinajstić information content (AvgIpc) is 2.35. The maximum absolute atomic E-state index is 12.0. The largest absolute Gasteiger partial charge is 0.348 e. The second-order valence-corrected chi connectivity index (χ2v) is 5.12. The summed E-state index contributed by atoms with van der Waals surface area (Å²) in [6.07, 6.45) is 1.58. The van der Waals surface area contributed by atoms with Crippen molar-refractivity contribution in [3.8, 4) is 0 Å². The van der Waals surface area contributed by atoms with Gasteiger partial charge in [0.1, 0.15) is 0 Å². The Morgan fingerprint density at radius 2 is 1.89 bits per heavy atom. The molecule has 0 fully saturated rings. The van der Waals surface area contributed by atoms with Crippen LogP contribution in [0.1, 0.15) is 45.2 Å². The summed E-state index contributed by atoms with van der Waals surface area (Å²) in [6, 6.07) is 9.64. The second kappa shape index (κ2) is 7.17. The first-order valence-electron chi connectivity index (χ1n) is 6.65.